The fourth-order valence-electron chi connectivity index (χ4n) is 3.54. The minimum absolute atomic E-state index is 0.202. The zero-order valence-electron chi connectivity index (χ0n) is 19.9. The predicted molar refractivity (Wildman–Crippen MR) is 126 cm³/mol. The van der Waals surface area contributed by atoms with Crippen LogP contribution in [-0.4, -0.2) is 53.6 Å². The van der Waals surface area contributed by atoms with E-state index in [1.807, 2.05) is 0 Å². The van der Waals surface area contributed by atoms with Gasteiger partial charge in [0.2, 0.25) is 5.67 Å². The Labute approximate surface area is 258 Å². The minimum Gasteiger partial charge on any atom is -0.226 e. The summed E-state index contributed by atoms with van der Waals surface area (Å²) in [7, 11) is 0. The highest BCUT2D eigenvalue weighted by atomic mass is 127. The van der Waals surface area contributed by atoms with Crippen molar-refractivity contribution in [1.82, 2.24) is 0 Å². The first kappa shape index (κ1) is 38.7. The van der Waals surface area contributed by atoms with E-state index in [2.05, 4.69) is 0 Å². The van der Waals surface area contributed by atoms with Gasteiger partial charge < -0.3 is 0 Å². The standard InChI is InChI=1S/C22H8F20I2/c23-13(9-5-1-3-7-11(9)43,10-6-2-4-8-12(10)44)14(24,25)15(26,27)16(28,29)17(30,31)18(32,33)19(34,35)20(36,37)21(38,39)22(40,41)42/h1-8H. The second-order valence-electron chi connectivity index (χ2n) is 8.71. The summed E-state index contributed by atoms with van der Waals surface area (Å²) in [5, 5.41) is 0. The lowest BCUT2D eigenvalue weighted by Crippen LogP contribution is -2.76. The SMILES string of the molecule is FC(F)(F)C(F)(F)C(F)(F)C(F)(F)C(F)(F)C(F)(F)C(F)(F)C(F)(F)C(F)(F)C(F)(c1ccccc1I)c1ccccc1I. The smallest absolute Gasteiger partial charge is 0.226 e. The number of rotatable bonds is 10. The Hall–Kier alpha value is -1.50. The van der Waals surface area contributed by atoms with Crippen LogP contribution in [-0.2, 0) is 5.67 Å². The molecule has 0 amide bonds. The van der Waals surface area contributed by atoms with E-state index < -0.39 is 77.5 Å². The van der Waals surface area contributed by atoms with Crippen molar-refractivity contribution >= 4 is 45.2 Å². The second-order valence-corrected chi connectivity index (χ2v) is 11.0. The van der Waals surface area contributed by atoms with Gasteiger partial charge in [-0.3, -0.25) is 0 Å². The van der Waals surface area contributed by atoms with Crippen LogP contribution in [0.4, 0.5) is 87.8 Å². The number of hydrogen-bond acceptors (Lipinski definition) is 0. The average Bonchev–Trinajstić information content (AvgIpc) is 2.87. The van der Waals surface area contributed by atoms with E-state index in [9.17, 15) is 74.6 Å². The molecule has 0 aromatic heterocycles. The summed E-state index contributed by atoms with van der Waals surface area (Å²) in [5.41, 5.74) is -8.94. The Morgan fingerprint density at radius 1 is 0.318 bits per heavy atom. The summed E-state index contributed by atoms with van der Waals surface area (Å²) >= 11 is 1.91. The van der Waals surface area contributed by atoms with Gasteiger partial charge in [0, 0.05) is 18.3 Å². The fraction of sp³-hybridized carbons (Fsp3) is 0.455. The largest absolute Gasteiger partial charge is 0.460 e. The molecule has 0 saturated heterocycles. The zero-order valence-corrected chi connectivity index (χ0v) is 24.2. The summed E-state index contributed by atoms with van der Waals surface area (Å²) < 4.78 is 279. The molecule has 0 spiro atoms. The first-order chi connectivity index (χ1) is 19.3. The van der Waals surface area contributed by atoms with Gasteiger partial charge in [-0.1, -0.05) is 36.4 Å². The third kappa shape index (κ3) is 4.91. The molecule has 2 rings (SSSR count). The molecule has 0 aliphatic carbocycles. The molecule has 22 heteroatoms. The maximum absolute atomic E-state index is 16.5. The Bertz CT molecular complexity index is 1320. The summed E-state index contributed by atoms with van der Waals surface area (Å²) in [6, 6.07) is 4.79. The molecule has 0 heterocycles. The van der Waals surface area contributed by atoms with Crippen LogP contribution in [0.3, 0.4) is 0 Å². The Balaban J connectivity index is 2.93. The summed E-state index contributed by atoms with van der Waals surface area (Å²) in [5.74, 6) is -69.0. The molecule has 0 radical (unpaired) electrons. The molecular weight excluding hydrogens is 898 g/mol. The van der Waals surface area contributed by atoms with E-state index in [0.29, 0.717) is 24.3 Å². The maximum Gasteiger partial charge on any atom is 0.460 e. The predicted octanol–water partition coefficient (Wildman–Crippen LogP) is 10.8. The molecule has 250 valence electrons. The van der Waals surface area contributed by atoms with Crippen LogP contribution in [0.25, 0.3) is 0 Å². The lowest BCUT2D eigenvalue weighted by atomic mass is 9.76. The second kappa shape index (κ2) is 11.0. The first-order valence-corrected chi connectivity index (χ1v) is 12.7. The molecule has 2 aromatic rings. The molecular formula is C22H8F20I2. The third-order valence-corrected chi connectivity index (χ3v) is 7.92. The molecule has 0 N–H and O–H groups in total. The molecule has 0 atom stereocenters. The minimum atomic E-state index is -9.09. The number of halogens is 22. The van der Waals surface area contributed by atoms with Crippen LogP contribution < -0.4 is 0 Å². The fourth-order valence-corrected chi connectivity index (χ4v) is 5.06. The monoisotopic (exact) mass is 906 g/mol. The Kier molecular flexibility index (Phi) is 9.71. The van der Waals surface area contributed by atoms with Crippen LogP contribution in [0.5, 0.6) is 0 Å². The van der Waals surface area contributed by atoms with Gasteiger partial charge in [-0.2, -0.15) is 83.4 Å². The van der Waals surface area contributed by atoms with Gasteiger partial charge in [0.1, 0.15) is 0 Å². The van der Waals surface area contributed by atoms with E-state index in [0.717, 1.165) is 57.3 Å². The highest BCUT2D eigenvalue weighted by molar-refractivity contribution is 14.1. The zero-order chi connectivity index (χ0) is 35.0. The van der Waals surface area contributed by atoms with Gasteiger partial charge in [0.05, 0.1) is 0 Å². The normalized spacial score (nSPS) is 15.5. The Morgan fingerprint density at radius 3 is 0.795 bits per heavy atom. The van der Waals surface area contributed by atoms with Crippen molar-refractivity contribution < 1.29 is 87.8 Å². The molecule has 0 fully saturated rings. The van der Waals surface area contributed by atoms with Crippen LogP contribution in [0, 0.1) is 7.14 Å². The van der Waals surface area contributed by atoms with Gasteiger partial charge in [0.25, 0.3) is 0 Å². The highest BCUT2D eigenvalue weighted by Crippen LogP contribution is 2.67. The first-order valence-electron chi connectivity index (χ1n) is 10.6. The molecule has 44 heavy (non-hydrogen) atoms. The molecule has 0 aliphatic rings. The van der Waals surface area contributed by atoms with Gasteiger partial charge in [-0.25, -0.2) is 4.39 Å². The van der Waals surface area contributed by atoms with Crippen molar-refractivity contribution in [3.63, 3.8) is 0 Å². The molecule has 0 saturated carbocycles. The lowest BCUT2D eigenvalue weighted by molar-refractivity contribution is -0.471. The molecule has 0 unspecified atom stereocenters. The van der Waals surface area contributed by atoms with E-state index >= 15 is 13.2 Å². The van der Waals surface area contributed by atoms with Crippen molar-refractivity contribution in [3.05, 3.63) is 66.8 Å². The van der Waals surface area contributed by atoms with Crippen molar-refractivity contribution in [3.8, 4) is 0 Å². The maximum atomic E-state index is 16.5. The number of alkyl halides is 20. The van der Waals surface area contributed by atoms with E-state index in [1.165, 1.54) is 0 Å². The van der Waals surface area contributed by atoms with Crippen LogP contribution in [0.2, 0.25) is 0 Å². The summed E-state index contributed by atoms with van der Waals surface area (Å²) in [6.45, 7) is 0. The van der Waals surface area contributed by atoms with Crippen LogP contribution in [0.1, 0.15) is 11.1 Å². The topological polar surface area (TPSA) is 0 Å². The van der Waals surface area contributed by atoms with E-state index in [-0.39, 0.29) is 12.1 Å². The van der Waals surface area contributed by atoms with E-state index in [4.69, 9.17) is 0 Å². The van der Waals surface area contributed by atoms with Crippen molar-refractivity contribution in [2.24, 2.45) is 0 Å². The highest BCUT2D eigenvalue weighted by Gasteiger charge is 2.97. The lowest BCUT2D eigenvalue weighted by Gasteiger charge is -2.46. The van der Waals surface area contributed by atoms with Gasteiger partial charge in [-0.05, 0) is 57.3 Å². The van der Waals surface area contributed by atoms with Gasteiger partial charge >= 0.3 is 53.6 Å². The van der Waals surface area contributed by atoms with Crippen molar-refractivity contribution in [2.75, 3.05) is 0 Å². The molecule has 2 aromatic carbocycles. The third-order valence-electron chi connectivity index (χ3n) is 6.04. The van der Waals surface area contributed by atoms with Crippen molar-refractivity contribution in [2.45, 2.75) is 59.2 Å². The quantitative estimate of drug-likeness (QED) is 0.165. The summed E-state index contributed by atoms with van der Waals surface area (Å²) in [4.78, 5) is 0. The molecule has 0 nitrogen and oxygen atoms in total. The number of benzene rings is 2. The van der Waals surface area contributed by atoms with Crippen molar-refractivity contribution in [1.29, 1.82) is 0 Å². The van der Waals surface area contributed by atoms with Crippen LogP contribution in [0.15, 0.2) is 48.5 Å². The summed E-state index contributed by atoms with van der Waals surface area (Å²) in [6.07, 6.45) is -7.97. The number of hydrogen-bond donors (Lipinski definition) is 0. The van der Waals surface area contributed by atoms with Gasteiger partial charge in [0.15, 0.2) is 0 Å². The van der Waals surface area contributed by atoms with Gasteiger partial charge in [-0.15, -0.1) is 0 Å². The average molecular weight is 906 g/mol. The Morgan fingerprint density at radius 2 is 0.545 bits per heavy atom. The van der Waals surface area contributed by atoms with Crippen LogP contribution >= 0.6 is 45.2 Å². The molecule has 0 bridgehead atoms. The molecule has 0 aliphatic heterocycles. The van der Waals surface area contributed by atoms with E-state index in [1.54, 1.807) is 0 Å².